The summed E-state index contributed by atoms with van der Waals surface area (Å²) in [5.74, 6) is 0.199. The maximum Gasteiger partial charge on any atom is 0.279 e. The third kappa shape index (κ3) is 2.13. The smallest absolute Gasteiger partial charge is 0.279 e. The molecular formula is C8H14N2O3S. The molecule has 2 fully saturated rings. The Hall–Kier alpha value is -0.460. The van der Waals surface area contributed by atoms with Gasteiger partial charge in [-0.3, -0.25) is 4.79 Å². The minimum Gasteiger partial charge on any atom is -0.298 e. The fraction of sp³-hybridized carbons (Fsp3) is 0.875. The maximum atomic E-state index is 11.4. The van der Waals surface area contributed by atoms with Crippen molar-refractivity contribution in [3.05, 3.63) is 0 Å². The van der Waals surface area contributed by atoms with Crippen LogP contribution in [0.25, 0.3) is 0 Å². The first-order chi connectivity index (χ1) is 6.59. The topological polar surface area (TPSA) is 66.5 Å². The van der Waals surface area contributed by atoms with Gasteiger partial charge in [0, 0.05) is 19.0 Å². The predicted octanol–water partition coefficient (Wildman–Crippen LogP) is -0.494. The zero-order valence-corrected chi connectivity index (χ0v) is 8.72. The summed E-state index contributed by atoms with van der Waals surface area (Å²) in [7, 11) is -3.36. The van der Waals surface area contributed by atoms with Crippen LogP contribution in [0.15, 0.2) is 0 Å². The third-order valence-electron chi connectivity index (χ3n) is 2.57. The van der Waals surface area contributed by atoms with Crippen molar-refractivity contribution in [1.82, 2.24) is 9.03 Å². The van der Waals surface area contributed by atoms with E-state index in [2.05, 4.69) is 4.72 Å². The highest BCUT2D eigenvalue weighted by atomic mass is 32.2. The molecule has 0 unspecified atom stereocenters. The van der Waals surface area contributed by atoms with E-state index in [0.29, 0.717) is 13.1 Å². The minimum absolute atomic E-state index is 0.0556. The Morgan fingerprint density at radius 1 is 1.43 bits per heavy atom. The molecule has 80 valence electrons. The molecule has 5 nitrogen and oxygen atoms in total. The van der Waals surface area contributed by atoms with Gasteiger partial charge < -0.3 is 0 Å². The van der Waals surface area contributed by atoms with Gasteiger partial charge in [0.05, 0.1) is 6.54 Å². The predicted molar refractivity (Wildman–Crippen MR) is 50.8 cm³/mol. The van der Waals surface area contributed by atoms with Crippen molar-refractivity contribution in [3.63, 3.8) is 0 Å². The average Bonchev–Trinajstić information content (AvgIpc) is 2.91. The molecular weight excluding hydrogens is 204 g/mol. The number of hydrogen-bond acceptors (Lipinski definition) is 3. The number of hydrogen-bond donors (Lipinski definition) is 1. The lowest BCUT2D eigenvalue weighted by Crippen LogP contribution is -2.48. The first kappa shape index (κ1) is 10.1. The number of carbonyl (C=O) groups is 1. The lowest BCUT2D eigenvalue weighted by atomic mass is 10.2. The average molecular weight is 218 g/mol. The zero-order chi connectivity index (χ0) is 10.2. The van der Waals surface area contributed by atoms with E-state index in [1.165, 1.54) is 4.31 Å². The number of rotatable bonds is 3. The van der Waals surface area contributed by atoms with E-state index in [1.807, 2.05) is 0 Å². The van der Waals surface area contributed by atoms with Crippen molar-refractivity contribution in [3.8, 4) is 0 Å². The molecule has 1 aliphatic carbocycles. The van der Waals surface area contributed by atoms with Gasteiger partial charge in [-0.15, -0.1) is 0 Å². The molecule has 0 aromatic heterocycles. The van der Waals surface area contributed by atoms with Gasteiger partial charge in [-0.05, 0) is 19.3 Å². The van der Waals surface area contributed by atoms with Gasteiger partial charge in [-0.25, -0.2) is 4.72 Å². The molecule has 1 heterocycles. The van der Waals surface area contributed by atoms with Gasteiger partial charge in [-0.1, -0.05) is 0 Å². The van der Waals surface area contributed by atoms with E-state index in [-0.39, 0.29) is 18.2 Å². The minimum atomic E-state index is -3.36. The van der Waals surface area contributed by atoms with Crippen LogP contribution in [-0.4, -0.2) is 38.1 Å². The van der Waals surface area contributed by atoms with Crippen LogP contribution in [0, 0.1) is 5.92 Å². The summed E-state index contributed by atoms with van der Waals surface area (Å²) in [5, 5.41) is 0. The molecule has 1 N–H and O–H groups in total. The van der Waals surface area contributed by atoms with Crippen LogP contribution in [-0.2, 0) is 15.0 Å². The van der Waals surface area contributed by atoms with E-state index in [4.69, 9.17) is 0 Å². The van der Waals surface area contributed by atoms with E-state index < -0.39 is 10.2 Å². The molecule has 0 radical (unpaired) electrons. The molecule has 2 rings (SSSR count). The number of ketones is 1. The monoisotopic (exact) mass is 218 g/mol. The Labute approximate surface area is 83.6 Å². The molecule has 0 aromatic rings. The molecule has 1 saturated heterocycles. The third-order valence-corrected chi connectivity index (χ3v) is 4.13. The molecule has 1 aliphatic heterocycles. The SMILES string of the molecule is O=C(CN1CCCNS1(=O)=O)C1CC1. The van der Waals surface area contributed by atoms with Crippen LogP contribution in [0.5, 0.6) is 0 Å². The number of Topliss-reactive ketones (excluding diaryl/α,β-unsaturated/α-hetero) is 1. The molecule has 0 spiro atoms. The number of nitrogens with zero attached hydrogens (tertiary/aromatic N) is 1. The standard InChI is InChI=1S/C8H14N2O3S/c11-8(7-2-3-7)6-10-5-1-4-9-14(10,12)13/h7,9H,1-6H2. The fourth-order valence-electron chi connectivity index (χ4n) is 1.54. The van der Waals surface area contributed by atoms with Gasteiger partial charge in [-0.2, -0.15) is 12.7 Å². The summed E-state index contributed by atoms with van der Waals surface area (Å²) in [4.78, 5) is 11.4. The van der Waals surface area contributed by atoms with Crippen molar-refractivity contribution < 1.29 is 13.2 Å². The van der Waals surface area contributed by atoms with Crippen molar-refractivity contribution in [2.45, 2.75) is 19.3 Å². The van der Waals surface area contributed by atoms with Crippen LogP contribution >= 0.6 is 0 Å². The van der Waals surface area contributed by atoms with E-state index in [9.17, 15) is 13.2 Å². The van der Waals surface area contributed by atoms with Crippen LogP contribution in [0.3, 0.4) is 0 Å². The van der Waals surface area contributed by atoms with Gasteiger partial charge in [0.15, 0.2) is 5.78 Å². The number of nitrogens with one attached hydrogen (secondary N) is 1. The summed E-state index contributed by atoms with van der Waals surface area (Å²) in [6.07, 6.45) is 2.64. The Balaban J connectivity index is 1.98. The second-order valence-corrected chi connectivity index (χ2v) is 5.58. The largest absolute Gasteiger partial charge is 0.298 e. The highest BCUT2D eigenvalue weighted by molar-refractivity contribution is 7.87. The second kappa shape index (κ2) is 3.60. The van der Waals surface area contributed by atoms with Crippen LogP contribution in [0.4, 0.5) is 0 Å². The Kier molecular flexibility index (Phi) is 2.59. The highest BCUT2D eigenvalue weighted by Gasteiger charge is 2.34. The first-order valence-electron chi connectivity index (χ1n) is 4.87. The summed E-state index contributed by atoms with van der Waals surface area (Å²) >= 11 is 0. The Bertz CT molecular complexity index is 334. The van der Waals surface area contributed by atoms with Gasteiger partial charge in [0.1, 0.15) is 0 Å². The summed E-state index contributed by atoms with van der Waals surface area (Å²) < 4.78 is 26.5. The molecule has 1 saturated carbocycles. The summed E-state index contributed by atoms with van der Waals surface area (Å²) in [6, 6.07) is 0. The molecule has 14 heavy (non-hydrogen) atoms. The molecule has 0 aromatic carbocycles. The summed E-state index contributed by atoms with van der Waals surface area (Å²) in [5.41, 5.74) is 0. The molecule has 0 amide bonds. The molecule has 2 aliphatic rings. The van der Waals surface area contributed by atoms with E-state index in [0.717, 1.165) is 19.3 Å². The lowest BCUT2D eigenvalue weighted by Gasteiger charge is -2.25. The van der Waals surface area contributed by atoms with Crippen molar-refractivity contribution in [2.75, 3.05) is 19.6 Å². The first-order valence-corrected chi connectivity index (χ1v) is 6.31. The summed E-state index contributed by atoms with van der Waals surface area (Å²) in [6.45, 7) is 1.00. The maximum absolute atomic E-state index is 11.4. The Morgan fingerprint density at radius 3 is 2.71 bits per heavy atom. The van der Waals surface area contributed by atoms with Crippen LogP contribution in [0.2, 0.25) is 0 Å². The molecule has 6 heteroatoms. The lowest BCUT2D eigenvalue weighted by molar-refractivity contribution is -0.120. The number of carbonyl (C=O) groups excluding carboxylic acids is 1. The fourth-order valence-corrected chi connectivity index (χ4v) is 2.79. The zero-order valence-electron chi connectivity index (χ0n) is 7.90. The van der Waals surface area contributed by atoms with Crippen molar-refractivity contribution in [1.29, 1.82) is 0 Å². The van der Waals surface area contributed by atoms with Gasteiger partial charge >= 0.3 is 0 Å². The van der Waals surface area contributed by atoms with Crippen molar-refractivity contribution in [2.24, 2.45) is 5.92 Å². The van der Waals surface area contributed by atoms with E-state index in [1.54, 1.807) is 0 Å². The van der Waals surface area contributed by atoms with Gasteiger partial charge in [0.2, 0.25) is 0 Å². The molecule has 0 bridgehead atoms. The quantitative estimate of drug-likeness (QED) is 0.695. The molecule has 0 atom stereocenters. The van der Waals surface area contributed by atoms with Crippen LogP contribution < -0.4 is 4.72 Å². The highest BCUT2D eigenvalue weighted by Crippen LogP contribution is 2.30. The normalized spacial score (nSPS) is 27.4. The van der Waals surface area contributed by atoms with E-state index >= 15 is 0 Å². The second-order valence-electron chi connectivity index (χ2n) is 3.83. The van der Waals surface area contributed by atoms with Gasteiger partial charge in [0.25, 0.3) is 10.2 Å². The van der Waals surface area contributed by atoms with Crippen LogP contribution in [0.1, 0.15) is 19.3 Å². The van der Waals surface area contributed by atoms with Crippen molar-refractivity contribution >= 4 is 16.0 Å². The Morgan fingerprint density at radius 2 is 2.14 bits per heavy atom.